The third-order valence-corrected chi connectivity index (χ3v) is 5.15. The van der Waals surface area contributed by atoms with E-state index in [0.29, 0.717) is 0 Å². The fourth-order valence-corrected chi connectivity index (χ4v) is 3.63. The van der Waals surface area contributed by atoms with Crippen molar-refractivity contribution in [1.29, 1.82) is 0 Å². The van der Waals surface area contributed by atoms with Gasteiger partial charge in [0.05, 0.1) is 0 Å². The Morgan fingerprint density at radius 1 is 0.893 bits per heavy atom. The molecular formula is C24H26N4. The first kappa shape index (κ1) is 18.2. The lowest BCUT2D eigenvalue weighted by molar-refractivity contribution is 0.752. The molecule has 0 fully saturated rings. The summed E-state index contributed by atoms with van der Waals surface area (Å²) in [6.07, 6.45) is 2.98. The van der Waals surface area contributed by atoms with Gasteiger partial charge in [-0.2, -0.15) is 0 Å². The number of hydrogen-bond donors (Lipinski definition) is 1. The van der Waals surface area contributed by atoms with Crippen molar-refractivity contribution in [2.75, 3.05) is 11.9 Å². The van der Waals surface area contributed by atoms with Gasteiger partial charge in [0.1, 0.15) is 11.6 Å². The summed E-state index contributed by atoms with van der Waals surface area (Å²) in [7, 11) is 0. The van der Waals surface area contributed by atoms with Crippen molar-refractivity contribution in [3.05, 3.63) is 89.0 Å². The molecule has 0 saturated heterocycles. The summed E-state index contributed by atoms with van der Waals surface area (Å²) in [4.78, 5) is 9.29. The molecule has 0 unspecified atom stereocenters. The van der Waals surface area contributed by atoms with E-state index < -0.39 is 0 Å². The van der Waals surface area contributed by atoms with Gasteiger partial charge in [-0.3, -0.25) is 0 Å². The van der Waals surface area contributed by atoms with Crippen LogP contribution < -0.4 is 5.32 Å². The molecule has 4 heteroatoms. The van der Waals surface area contributed by atoms with Crippen LogP contribution in [0.4, 0.5) is 5.82 Å². The molecule has 0 saturated carbocycles. The first-order valence-corrected chi connectivity index (χ1v) is 9.77. The Kier molecular flexibility index (Phi) is 5.11. The largest absolute Gasteiger partial charge is 0.368 e. The summed E-state index contributed by atoms with van der Waals surface area (Å²) in [5, 5.41) is 4.83. The number of para-hydroxylation sites is 1. The van der Waals surface area contributed by atoms with Crippen LogP contribution in [0.5, 0.6) is 0 Å². The quantitative estimate of drug-likeness (QED) is 0.516. The molecular weight excluding hydrogens is 344 g/mol. The second kappa shape index (κ2) is 7.85. The van der Waals surface area contributed by atoms with Crippen LogP contribution in [0.25, 0.3) is 10.9 Å². The van der Waals surface area contributed by atoms with E-state index in [-0.39, 0.29) is 0 Å². The zero-order valence-electron chi connectivity index (χ0n) is 16.7. The maximum absolute atomic E-state index is 4.70. The minimum Gasteiger partial charge on any atom is -0.368 e. The van der Waals surface area contributed by atoms with Gasteiger partial charge in [-0.05, 0) is 43.9 Å². The summed E-state index contributed by atoms with van der Waals surface area (Å²) < 4.78 is 2.28. The highest BCUT2D eigenvalue weighted by molar-refractivity contribution is 5.79. The van der Waals surface area contributed by atoms with E-state index in [4.69, 9.17) is 4.98 Å². The number of aryl methyl sites for hydroxylation is 3. The second-order valence-electron chi connectivity index (χ2n) is 7.34. The van der Waals surface area contributed by atoms with Gasteiger partial charge in [0.15, 0.2) is 0 Å². The molecule has 4 nitrogen and oxygen atoms in total. The lowest BCUT2D eigenvalue weighted by atomic mass is 10.0. The molecule has 0 bridgehead atoms. The minimum absolute atomic E-state index is 0.805. The van der Waals surface area contributed by atoms with Crippen LogP contribution in [0.2, 0.25) is 0 Å². The summed E-state index contributed by atoms with van der Waals surface area (Å²) in [5.41, 5.74) is 6.03. The van der Waals surface area contributed by atoms with E-state index in [1.165, 1.54) is 27.6 Å². The van der Waals surface area contributed by atoms with Gasteiger partial charge in [-0.1, -0.05) is 48.0 Å². The SMILES string of the molecule is Cc1ccc(Cc2c(C)nc(C)nc2NCCn2ccc3ccccc32)cc1. The fraction of sp³-hybridized carbons (Fsp3) is 0.250. The Hall–Kier alpha value is -3.14. The molecule has 0 aliphatic carbocycles. The van der Waals surface area contributed by atoms with Gasteiger partial charge in [0, 0.05) is 42.5 Å². The molecule has 142 valence electrons. The highest BCUT2D eigenvalue weighted by Crippen LogP contribution is 2.21. The van der Waals surface area contributed by atoms with Crippen LogP contribution in [0.15, 0.2) is 60.8 Å². The Morgan fingerprint density at radius 3 is 2.50 bits per heavy atom. The minimum atomic E-state index is 0.805. The normalized spacial score (nSPS) is 11.1. The van der Waals surface area contributed by atoms with Crippen LogP contribution in [0.3, 0.4) is 0 Å². The molecule has 0 atom stereocenters. The fourth-order valence-electron chi connectivity index (χ4n) is 3.63. The van der Waals surface area contributed by atoms with Crippen LogP contribution in [-0.4, -0.2) is 21.1 Å². The molecule has 0 aliphatic rings. The first-order valence-electron chi connectivity index (χ1n) is 9.77. The molecule has 0 amide bonds. The van der Waals surface area contributed by atoms with Crippen molar-refractivity contribution < 1.29 is 0 Å². The third-order valence-electron chi connectivity index (χ3n) is 5.15. The predicted octanol–water partition coefficient (Wildman–Crippen LogP) is 5.06. The van der Waals surface area contributed by atoms with Gasteiger partial charge in [-0.15, -0.1) is 0 Å². The van der Waals surface area contributed by atoms with E-state index >= 15 is 0 Å². The average Bonchev–Trinajstić information content (AvgIpc) is 3.09. The summed E-state index contributed by atoms with van der Waals surface area (Å²) in [5.74, 6) is 1.75. The number of hydrogen-bond acceptors (Lipinski definition) is 3. The van der Waals surface area contributed by atoms with Crippen molar-refractivity contribution in [2.24, 2.45) is 0 Å². The molecule has 0 spiro atoms. The smallest absolute Gasteiger partial charge is 0.133 e. The molecule has 2 heterocycles. The predicted molar refractivity (Wildman–Crippen MR) is 116 cm³/mol. The van der Waals surface area contributed by atoms with Gasteiger partial charge < -0.3 is 9.88 Å². The standard InChI is InChI=1S/C24H26N4/c1-17-8-10-20(11-9-17)16-22-18(2)26-19(3)27-24(22)25-13-15-28-14-12-21-6-4-5-7-23(21)28/h4-12,14H,13,15-16H2,1-3H3,(H,25,26,27). The van der Waals surface area contributed by atoms with E-state index in [1.807, 2.05) is 6.92 Å². The summed E-state index contributed by atoms with van der Waals surface area (Å²) in [6, 6.07) is 19.3. The Bertz CT molecular complexity index is 1090. The topological polar surface area (TPSA) is 42.7 Å². The Labute approximate surface area is 166 Å². The highest BCUT2D eigenvalue weighted by Gasteiger charge is 2.11. The van der Waals surface area contributed by atoms with Crippen LogP contribution >= 0.6 is 0 Å². The van der Waals surface area contributed by atoms with Crippen molar-refractivity contribution in [3.8, 4) is 0 Å². The average molecular weight is 371 g/mol. The number of benzene rings is 2. The van der Waals surface area contributed by atoms with Crippen LogP contribution in [-0.2, 0) is 13.0 Å². The van der Waals surface area contributed by atoms with Crippen molar-refractivity contribution in [2.45, 2.75) is 33.7 Å². The van der Waals surface area contributed by atoms with Crippen LogP contribution in [0.1, 0.15) is 28.2 Å². The third kappa shape index (κ3) is 3.91. The molecule has 28 heavy (non-hydrogen) atoms. The zero-order valence-corrected chi connectivity index (χ0v) is 16.7. The summed E-state index contributed by atoms with van der Waals surface area (Å²) in [6.45, 7) is 7.84. The highest BCUT2D eigenvalue weighted by atomic mass is 15.1. The number of aromatic nitrogens is 3. The Balaban J connectivity index is 1.52. The monoisotopic (exact) mass is 370 g/mol. The molecule has 0 aliphatic heterocycles. The Morgan fingerprint density at radius 2 is 1.68 bits per heavy atom. The van der Waals surface area contributed by atoms with Crippen molar-refractivity contribution in [3.63, 3.8) is 0 Å². The van der Waals surface area contributed by atoms with E-state index in [2.05, 4.69) is 89.5 Å². The second-order valence-corrected chi connectivity index (χ2v) is 7.34. The first-order chi connectivity index (χ1) is 13.6. The van der Waals surface area contributed by atoms with Gasteiger partial charge in [0.2, 0.25) is 0 Å². The number of nitrogens with zero attached hydrogens (tertiary/aromatic N) is 3. The molecule has 4 rings (SSSR count). The lowest BCUT2D eigenvalue weighted by Crippen LogP contribution is -2.14. The van der Waals surface area contributed by atoms with E-state index in [1.54, 1.807) is 0 Å². The van der Waals surface area contributed by atoms with Gasteiger partial charge >= 0.3 is 0 Å². The van der Waals surface area contributed by atoms with E-state index in [9.17, 15) is 0 Å². The lowest BCUT2D eigenvalue weighted by Gasteiger charge is -2.15. The summed E-state index contributed by atoms with van der Waals surface area (Å²) >= 11 is 0. The molecule has 4 aromatic rings. The zero-order chi connectivity index (χ0) is 19.5. The van der Waals surface area contributed by atoms with Gasteiger partial charge in [-0.25, -0.2) is 9.97 Å². The van der Waals surface area contributed by atoms with Crippen molar-refractivity contribution >= 4 is 16.7 Å². The molecule has 2 aromatic heterocycles. The molecule has 0 radical (unpaired) electrons. The number of rotatable bonds is 6. The number of anilines is 1. The maximum atomic E-state index is 4.70. The number of fused-ring (bicyclic) bond motifs is 1. The van der Waals surface area contributed by atoms with Crippen molar-refractivity contribution in [1.82, 2.24) is 14.5 Å². The van der Waals surface area contributed by atoms with E-state index in [0.717, 1.165) is 36.8 Å². The number of nitrogens with one attached hydrogen (secondary N) is 1. The molecule has 2 aromatic carbocycles. The van der Waals surface area contributed by atoms with Gasteiger partial charge in [0.25, 0.3) is 0 Å². The molecule has 1 N–H and O–H groups in total. The van der Waals surface area contributed by atoms with Crippen LogP contribution in [0, 0.1) is 20.8 Å². The maximum Gasteiger partial charge on any atom is 0.133 e.